The normalized spacial score (nSPS) is 9.85. The summed E-state index contributed by atoms with van der Waals surface area (Å²) in [7, 11) is 1.33. The second-order valence-corrected chi connectivity index (χ2v) is 4.99. The Morgan fingerprint density at radius 1 is 1.20 bits per heavy atom. The molecule has 0 aliphatic carbocycles. The van der Waals surface area contributed by atoms with Gasteiger partial charge in [-0.25, -0.2) is 9.59 Å². The van der Waals surface area contributed by atoms with Crippen LogP contribution in [0, 0.1) is 0 Å². The van der Waals surface area contributed by atoms with E-state index < -0.39 is 5.97 Å². The van der Waals surface area contributed by atoms with Crippen LogP contribution in [0.4, 0.5) is 10.5 Å². The number of amides is 2. The molecule has 6 heteroatoms. The van der Waals surface area contributed by atoms with Crippen molar-refractivity contribution in [2.45, 2.75) is 6.54 Å². The van der Waals surface area contributed by atoms with E-state index in [0.29, 0.717) is 17.8 Å². The van der Waals surface area contributed by atoms with Crippen molar-refractivity contribution < 1.29 is 14.3 Å². The minimum Gasteiger partial charge on any atom is -0.465 e. The summed E-state index contributed by atoms with van der Waals surface area (Å²) in [5.74, 6) is -0.404. The molecule has 1 heterocycles. The molecule has 1 aromatic heterocycles. The third-order valence-corrected chi connectivity index (χ3v) is 3.44. The molecule has 0 fully saturated rings. The number of rotatable bonds is 4. The second kappa shape index (κ2) is 6.72. The number of anilines is 1. The molecule has 2 N–H and O–H groups in total. The molecule has 2 aromatic rings. The summed E-state index contributed by atoms with van der Waals surface area (Å²) in [6.45, 7) is 0.490. The van der Waals surface area contributed by atoms with Crippen LogP contribution in [0.15, 0.2) is 41.8 Å². The van der Waals surface area contributed by atoms with E-state index in [1.54, 1.807) is 35.6 Å². The van der Waals surface area contributed by atoms with Crippen LogP contribution in [-0.4, -0.2) is 19.1 Å². The van der Waals surface area contributed by atoms with Crippen molar-refractivity contribution in [3.05, 3.63) is 52.2 Å². The molecular formula is C14H14N2O3S. The largest absolute Gasteiger partial charge is 0.465 e. The van der Waals surface area contributed by atoms with Crippen LogP contribution < -0.4 is 10.6 Å². The Labute approximate surface area is 120 Å². The lowest BCUT2D eigenvalue weighted by Gasteiger charge is -2.07. The maximum atomic E-state index is 11.7. The molecule has 0 aliphatic rings. The van der Waals surface area contributed by atoms with E-state index in [1.165, 1.54) is 7.11 Å². The quantitative estimate of drug-likeness (QED) is 0.851. The summed E-state index contributed by atoms with van der Waals surface area (Å²) in [5.41, 5.74) is 1.05. The SMILES string of the molecule is COC(=O)c1ccc(NC(=O)NCc2cccs2)cc1. The number of carbonyl (C=O) groups is 2. The fourth-order valence-corrected chi connectivity index (χ4v) is 2.21. The average Bonchev–Trinajstić information content (AvgIpc) is 2.98. The number of carbonyl (C=O) groups excluding carboxylic acids is 2. The molecule has 0 radical (unpaired) electrons. The summed E-state index contributed by atoms with van der Waals surface area (Å²) in [6.07, 6.45) is 0. The Bertz CT molecular complexity index is 579. The molecule has 0 saturated heterocycles. The van der Waals surface area contributed by atoms with Crippen LogP contribution in [0.3, 0.4) is 0 Å². The third kappa shape index (κ3) is 3.83. The average molecular weight is 290 g/mol. The lowest BCUT2D eigenvalue weighted by molar-refractivity contribution is 0.0601. The maximum absolute atomic E-state index is 11.7. The first-order chi connectivity index (χ1) is 9.69. The first kappa shape index (κ1) is 14.1. The Morgan fingerprint density at radius 2 is 1.95 bits per heavy atom. The van der Waals surface area contributed by atoms with E-state index in [9.17, 15) is 9.59 Å². The lowest BCUT2D eigenvalue weighted by Crippen LogP contribution is -2.27. The number of nitrogens with one attached hydrogen (secondary N) is 2. The minimum absolute atomic E-state index is 0.288. The van der Waals surface area contributed by atoms with Crippen molar-refractivity contribution in [2.75, 3.05) is 12.4 Å². The van der Waals surface area contributed by atoms with Crippen molar-refractivity contribution >= 4 is 29.0 Å². The van der Waals surface area contributed by atoms with Crippen LogP contribution in [0.25, 0.3) is 0 Å². The van der Waals surface area contributed by atoms with Crippen LogP contribution in [0.5, 0.6) is 0 Å². The number of urea groups is 1. The van der Waals surface area contributed by atoms with E-state index in [4.69, 9.17) is 0 Å². The highest BCUT2D eigenvalue weighted by Crippen LogP contribution is 2.11. The van der Waals surface area contributed by atoms with Crippen molar-refractivity contribution in [3.8, 4) is 0 Å². The fraction of sp³-hybridized carbons (Fsp3) is 0.143. The zero-order chi connectivity index (χ0) is 14.4. The molecule has 5 nitrogen and oxygen atoms in total. The highest BCUT2D eigenvalue weighted by Gasteiger charge is 2.06. The van der Waals surface area contributed by atoms with Crippen molar-refractivity contribution in [1.82, 2.24) is 5.32 Å². The number of methoxy groups -OCH3 is 1. The summed E-state index contributed by atoms with van der Waals surface area (Å²) in [5, 5.41) is 7.40. The summed E-state index contributed by atoms with van der Waals surface area (Å²) >= 11 is 1.58. The van der Waals surface area contributed by atoms with Gasteiger partial charge in [0.2, 0.25) is 0 Å². The lowest BCUT2D eigenvalue weighted by atomic mass is 10.2. The van der Waals surface area contributed by atoms with Gasteiger partial charge in [0.25, 0.3) is 0 Å². The van der Waals surface area contributed by atoms with Gasteiger partial charge in [0.15, 0.2) is 0 Å². The van der Waals surface area contributed by atoms with Crippen LogP contribution in [0.1, 0.15) is 15.2 Å². The Balaban J connectivity index is 1.86. The standard InChI is InChI=1S/C14H14N2O3S/c1-19-13(17)10-4-6-11(7-5-10)16-14(18)15-9-12-3-2-8-20-12/h2-8H,9H2,1H3,(H2,15,16,18). The topological polar surface area (TPSA) is 67.4 Å². The number of hydrogen-bond acceptors (Lipinski definition) is 4. The van der Waals surface area contributed by atoms with Gasteiger partial charge in [-0.05, 0) is 35.7 Å². The fourth-order valence-electron chi connectivity index (χ4n) is 1.56. The number of ether oxygens (including phenoxy) is 1. The summed E-state index contributed by atoms with van der Waals surface area (Å²) < 4.78 is 4.60. The van der Waals surface area contributed by atoms with Gasteiger partial charge in [-0.2, -0.15) is 0 Å². The van der Waals surface area contributed by atoms with Crippen LogP contribution in [0.2, 0.25) is 0 Å². The number of hydrogen-bond donors (Lipinski definition) is 2. The van der Waals surface area contributed by atoms with Crippen molar-refractivity contribution in [1.29, 1.82) is 0 Å². The molecule has 0 atom stereocenters. The van der Waals surface area contributed by atoms with Gasteiger partial charge in [0.1, 0.15) is 0 Å². The Kier molecular flexibility index (Phi) is 4.73. The molecule has 0 saturated carbocycles. The Morgan fingerprint density at radius 3 is 2.55 bits per heavy atom. The van der Waals surface area contributed by atoms with Gasteiger partial charge in [-0.15, -0.1) is 11.3 Å². The molecule has 104 valence electrons. The molecule has 0 bridgehead atoms. The van der Waals surface area contributed by atoms with Crippen molar-refractivity contribution in [2.24, 2.45) is 0 Å². The molecule has 2 amide bonds. The van der Waals surface area contributed by atoms with E-state index in [1.807, 2.05) is 17.5 Å². The minimum atomic E-state index is -0.404. The smallest absolute Gasteiger partial charge is 0.337 e. The predicted octanol–water partition coefficient (Wildman–Crippen LogP) is 2.86. The predicted molar refractivity (Wildman–Crippen MR) is 78.0 cm³/mol. The molecule has 0 unspecified atom stereocenters. The van der Waals surface area contributed by atoms with E-state index in [0.717, 1.165) is 4.88 Å². The number of benzene rings is 1. The van der Waals surface area contributed by atoms with E-state index in [-0.39, 0.29) is 6.03 Å². The first-order valence-corrected chi connectivity index (χ1v) is 6.82. The third-order valence-electron chi connectivity index (χ3n) is 2.57. The van der Waals surface area contributed by atoms with Gasteiger partial charge >= 0.3 is 12.0 Å². The van der Waals surface area contributed by atoms with E-state index in [2.05, 4.69) is 15.4 Å². The molecule has 0 aliphatic heterocycles. The van der Waals surface area contributed by atoms with Gasteiger partial charge in [0.05, 0.1) is 19.2 Å². The molecule has 1 aromatic carbocycles. The number of esters is 1. The first-order valence-electron chi connectivity index (χ1n) is 5.94. The summed E-state index contributed by atoms with van der Waals surface area (Å²) in [4.78, 5) is 24.0. The second-order valence-electron chi connectivity index (χ2n) is 3.96. The maximum Gasteiger partial charge on any atom is 0.337 e. The zero-order valence-corrected chi connectivity index (χ0v) is 11.7. The highest BCUT2D eigenvalue weighted by molar-refractivity contribution is 7.09. The highest BCUT2D eigenvalue weighted by atomic mass is 32.1. The molecule has 2 rings (SSSR count). The zero-order valence-electron chi connectivity index (χ0n) is 10.9. The van der Waals surface area contributed by atoms with Crippen LogP contribution >= 0.6 is 11.3 Å². The number of thiophene rings is 1. The Hall–Kier alpha value is -2.34. The van der Waals surface area contributed by atoms with E-state index >= 15 is 0 Å². The van der Waals surface area contributed by atoms with Gasteiger partial charge < -0.3 is 15.4 Å². The molecular weight excluding hydrogens is 276 g/mol. The van der Waals surface area contributed by atoms with Crippen molar-refractivity contribution in [3.63, 3.8) is 0 Å². The van der Waals surface area contributed by atoms with Gasteiger partial charge in [-0.3, -0.25) is 0 Å². The van der Waals surface area contributed by atoms with Gasteiger partial charge in [-0.1, -0.05) is 6.07 Å². The van der Waals surface area contributed by atoms with Gasteiger partial charge in [0, 0.05) is 10.6 Å². The molecule has 0 spiro atoms. The summed E-state index contributed by atoms with van der Waals surface area (Å²) in [6, 6.07) is 10.1. The monoisotopic (exact) mass is 290 g/mol. The van der Waals surface area contributed by atoms with Crippen LogP contribution in [-0.2, 0) is 11.3 Å². The molecule has 20 heavy (non-hydrogen) atoms.